The number of hydrogen-bond donors (Lipinski definition) is 1. The minimum Gasteiger partial charge on any atom is -0.406 e. The van der Waals surface area contributed by atoms with Crippen LogP contribution in [0.15, 0.2) is 53.4 Å². The lowest BCUT2D eigenvalue weighted by atomic mass is 9.99. The van der Waals surface area contributed by atoms with Gasteiger partial charge in [-0.15, -0.1) is 13.2 Å². The first kappa shape index (κ1) is 19.1. The number of ether oxygens (including phenoxy) is 1. The third-order valence-electron chi connectivity index (χ3n) is 3.71. The summed E-state index contributed by atoms with van der Waals surface area (Å²) < 4.78 is 67.1. The van der Waals surface area contributed by atoms with E-state index < -0.39 is 22.1 Å². The Kier molecular flexibility index (Phi) is 5.62. The summed E-state index contributed by atoms with van der Waals surface area (Å²) in [6.45, 7) is 4.09. The summed E-state index contributed by atoms with van der Waals surface area (Å²) in [6.07, 6.45) is -3.85. The van der Waals surface area contributed by atoms with E-state index in [0.717, 1.165) is 24.1 Å². The van der Waals surface area contributed by atoms with Gasteiger partial charge in [0, 0.05) is 5.69 Å². The lowest BCUT2D eigenvalue weighted by Crippen LogP contribution is -2.17. The normalized spacial score (nSPS) is 13.3. The minimum atomic E-state index is -4.79. The molecule has 8 heteroatoms. The molecule has 0 saturated heterocycles. The molecule has 0 bridgehead atoms. The summed E-state index contributed by atoms with van der Waals surface area (Å²) >= 11 is 0. The van der Waals surface area contributed by atoms with Crippen LogP contribution in [0.4, 0.5) is 18.9 Å². The zero-order valence-electron chi connectivity index (χ0n) is 13.7. The maximum absolute atomic E-state index is 12.3. The highest BCUT2D eigenvalue weighted by atomic mass is 32.2. The number of benzene rings is 2. The van der Waals surface area contributed by atoms with Crippen LogP contribution in [0.5, 0.6) is 5.75 Å². The first-order valence-electron chi connectivity index (χ1n) is 7.59. The van der Waals surface area contributed by atoms with Crippen molar-refractivity contribution < 1.29 is 26.3 Å². The lowest BCUT2D eigenvalue weighted by Gasteiger charge is -2.12. The van der Waals surface area contributed by atoms with Gasteiger partial charge >= 0.3 is 6.36 Å². The van der Waals surface area contributed by atoms with Crippen molar-refractivity contribution in [2.75, 3.05) is 4.72 Å². The maximum atomic E-state index is 12.3. The number of nitrogens with one attached hydrogen (secondary N) is 1. The largest absolute Gasteiger partial charge is 0.573 e. The molecule has 2 aromatic rings. The summed E-state index contributed by atoms with van der Waals surface area (Å²) in [7, 11) is -3.82. The fourth-order valence-electron chi connectivity index (χ4n) is 2.15. The van der Waals surface area contributed by atoms with Gasteiger partial charge in [0.05, 0.1) is 4.90 Å². The van der Waals surface area contributed by atoms with Gasteiger partial charge in [-0.3, -0.25) is 4.72 Å². The van der Waals surface area contributed by atoms with Gasteiger partial charge in [0.25, 0.3) is 10.0 Å². The molecule has 0 radical (unpaired) electrons. The number of anilines is 1. The van der Waals surface area contributed by atoms with E-state index in [4.69, 9.17) is 0 Å². The highest BCUT2D eigenvalue weighted by molar-refractivity contribution is 7.92. The van der Waals surface area contributed by atoms with E-state index in [0.29, 0.717) is 5.92 Å². The molecule has 4 nitrogen and oxygen atoms in total. The molecule has 1 atom stereocenters. The Morgan fingerprint density at radius 3 is 2.08 bits per heavy atom. The molecular formula is C17H18F3NO3S. The van der Waals surface area contributed by atoms with E-state index in [2.05, 4.69) is 9.46 Å². The fourth-order valence-corrected chi connectivity index (χ4v) is 3.21. The Bertz CT molecular complexity index is 801. The number of sulfonamides is 1. The quantitative estimate of drug-likeness (QED) is 0.784. The zero-order chi connectivity index (χ0) is 18.7. The zero-order valence-corrected chi connectivity index (χ0v) is 14.5. The lowest BCUT2D eigenvalue weighted by molar-refractivity contribution is -0.274. The van der Waals surface area contributed by atoms with E-state index in [1.54, 1.807) is 12.1 Å². The third kappa shape index (κ3) is 5.38. The van der Waals surface area contributed by atoms with Crippen LogP contribution >= 0.6 is 0 Å². The van der Waals surface area contributed by atoms with Crippen molar-refractivity contribution in [2.45, 2.75) is 37.4 Å². The molecule has 0 aliphatic carbocycles. The minimum absolute atomic E-state index is 0.0789. The van der Waals surface area contributed by atoms with Gasteiger partial charge in [-0.1, -0.05) is 26.0 Å². The summed E-state index contributed by atoms with van der Waals surface area (Å²) in [5, 5.41) is 0. The third-order valence-corrected chi connectivity index (χ3v) is 5.11. The van der Waals surface area contributed by atoms with Crippen LogP contribution in [0.25, 0.3) is 0 Å². The number of rotatable bonds is 6. The average Bonchev–Trinajstić information content (AvgIpc) is 2.54. The second kappa shape index (κ2) is 7.35. The number of alkyl halides is 3. The van der Waals surface area contributed by atoms with Crippen molar-refractivity contribution >= 4 is 15.7 Å². The highest BCUT2D eigenvalue weighted by Gasteiger charge is 2.31. The van der Waals surface area contributed by atoms with E-state index in [9.17, 15) is 21.6 Å². The van der Waals surface area contributed by atoms with Crippen molar-refractivity contribution in [3.05, 3.63) is 54.1 Å². The van der Waals surface area contributed by atoms with Crippen LogP contribution in [-0.4, -0.2) is 14.8 Å². The molecule has 2 aromatic carbocycles. The Balaban J connectivity index is 2.13. The van der Waals surface area contributed by atoms with Crippen LogP contribution in [0, 0.1) is 0 Å². The van der Waals surface area contributed by atoms with Crippen molar-refractivity contribution in [1.29, 1.82) is 0 Å². The average molecular weight is 373 g/mol. The van der Waals surface area contributed by atoms with Crippen LogP contribution in [0.1, 0.15) is 31.7 Å². The van der Waals surface area contributed by atoms with Crippen LogP contribution in [0.2, 0.25) is 0 Å². The summed E-state index contributed by atoms with van der Waals surface area (Å²) in [4.78, 5) is 0.0789. The van der Waals surface area contributed by atoms with Gasteiger partial charge in [0.1, 0.15) is 5.75 Å². The SMILES string of the molecule is CC[C@@H](C)c1ccc(S(=O)(=O)Nc2ccc(OC(F)(F)F)cc2)cc1. The van der Waals surface area contributed by atoms with Crippen molar-refractivity contribution in [3.8, 4) is 5.75 Å². The Morgan fingerprint density at radius 1 is 1.04 bits per heavy atom. The molecule has 0 unspecified atom stereocenters. The second-order valence-electron chi connectivity index (χ2n) is 5.56. The Labute approximate surface area is 144 Å². The van der Waals surface area contributed by atoms with Crippen LogP contribution < -0.4 is 9.46 Å². The first-order valence-corrected chi connectivity index (χ1v) is 9.07. The van der Waals surface area contributed by atoms with E-state index in [-0.39, 0.29) is 10.6 Å². The molecule has 0 heterocycles. The highest BCUT2D eigenvalue weighted by Crippen LogP contribution is 2.25. The smallest absolute Gasteiger partial charge is 0.406 e. The summed E-state index contributed by atoms with van der Waals surface area (Å²) in [5.74, 6) is -0.0979. The fraction of sp³-hybridized carbons (Fsp3) is 0.294. The van der Waals surface area contributed by atoms with Crippen molar-refractivity contribution in [3.63, 3.8) is 0 Å². The predicted molar refractivity (Wildman–Crippen MR) is 89.1 cm³/mol. The molecule has 0 aromatic heterocycles. The van der Waals surface area contributed by atoms with Gasteiger partial charge in [-0.2, -0.15) is 0 Å². The van der Waals surface area contributed by atoms with Gasteiger partial charge in [0.2, 0.25) is 0 Å². The van der Waals surface area contributed by atoms with Gasteiger partial charge in [-0.25, -0.2) is 8.42 Å². The number of hydrogen-bond acceptors (Lipinski definition) is 3. The standard InChI is InChI=1S/C17H18F3NO3S/c1-3-12(2)13-4-10-16(11-5-13)25(22,23)21-14-6-8-15(9-7-14)24-17(18,19)20/h4-12,21H,3H2,1-2H3/t12-/m1/s1. The molecule has 0 aliphatic rings. The molecule has 0 saturated carbocycles. The number of halogens is 3. The summed E-state index contributed by atoms with van der Waals surface area (Å²) in [6, 6.07) is 11.0. The molecule has 1 N–H and O–H groups in total. The Morgan fingerprint density at radius 2 is 1.60 bits per heavy atom. The van der Waals surface area contributed by atoms with E-state index in [1.165, 1.54) is 24.3 Å². The van der Waals surface area contributed by atoms with E-state index in [1.807, 2.05) is 13.8 Å². The molecule has 0 amide bonds. The topological polar surface area (TPSA) is 55.4 Å². The molecule has 0 fully saturated rings. The molecule has 2 rings (SSSR count). The molecule has 136 valence electrons. The van der Waals surface area contributed by atoms with Gasteiger partial charge in [0.15, 0.2) is 0 Å². The molecular weight excluding hydrogens is 355 g/mol. The van der Waals surface area contributed by atoms with Crippen molar-refractivity contribution in [2.24, 2.45) is 0 Å². The molecule has 0 aliphatic heterocycles. The monoisotopic (exact) mass is 373 g/mol. The summed E-state index contributed by atoms with van der Waals surface area (Å²) in [5.41, 5.74) is 1.18. The second-order valence-corrected chi connectivity index (χ2v) is 7.24. The predicted octanol–water partition coefficient (Wildman–Crippen LogP) is 4.90. The molecule has 0 spiro atoms. The van der Waals surface area contributed by atoms with E-state index >= 15 is 0 Å². The van der Waals surface area contributed by atoms with Gasteiger partial charge < -0.3 is 4.74 Å². The van der Waals surface area contributed by atoms with Crippen molar-refractivity contribution in [1.82, 2.24) is 0 Å². The first-order chi connectivity index (χ1) is 11.6. The van der Waals surface area contributed by atoms with Crippen LogP contribution in [-0.2, 0) is 10.0 Å². The van der Waals surface area contributed by atoms with Crippen LogP contribution in [0.3, 0.4) is 0 Å². The van der Waals surface area contributed by atoms with Gasteiger partial charge in [-0.05, 0) is 54.3 Å². The maximum Gasteiger partial charge on any atom is 0.573 e. The Hall–Kier alpha value is -2.22. The molecule has 25 heavy (non-hydrogen) atoms.